The Bertz CT molecular complexity index is 1070. The number of hydrogen-bond donors (Lipinski definition) is 1. The van der Waals surface area contributed by atoms with Gasteiger partial charge in [-0.15, -0.1) is 0 Å². The predicted molar refractivity (Wildman–Crippen MR) is 112 cm³/mol. The van der Waals surface area contributed by atoms with Crippen LogP contribution in [0.4, 0.5) is 5.69 Å². The topological polar surface area (TPSA) is 86.8 Å². The van der Waals surface area contributed by atoms with Crippen LogP contribution in [0.5, 0.6) is 11.5 Å². The third-order valence-corrected chi connectivity index (χ3v) is 4.64. The van der Waals surface area contributed by atoms with Gasteiger partial charge in [-0.1, -0.05) is 24.3 Å². The minimum Gasteiger partial charge on any atom is -0.490 e. The second-order valence-electron chi connectivity index (χ2n) is 6.92. The molecule has 3 aromatic rings. The van der Waals surface area contributed by atoms with Gasteiger partial charge in [0.1, 0.15) is 0 Å². The van der Waals surface area contributed by atoms with E-state index in [2.05, 4.69) is 10.3 Å². The molecule has 4 rings (SSSR count). The zero-order valence-corrected chi connectivity index (χ0v) is 16.4. The van der Waals surface area contributed by atoms with Crippen molar-refractivity contribution in [3.8, 4) is 11.5 Å². The highest BCUT2D eigenvalue weighted by Crippen LogP contribution is 2.32. The van der Waals surface area contributed by atoms with Gasteiger partial charge < -0.3 is 19.5 Å². The number of nitrogens with one attached hydrogen (secondary N) is 1. The Morgan fingerprint density at radius 2 is 1.83 bits per heavy atom. The summed E-state index contributed by atoms with van der Waals surface area (Å²) in [7, 11) is 0. The number of para-hydroxylation sites is 1. The first-order valence-electron chi connectivity index (χ1n) is 9.87. The normalized spacial score (nSPS) is 12.8. The molecule has 0 spiro atoms. The van der Waals surface area contributed by atoms with Crippen molar-refractivity contribution in [2.75, 3.05) is 25.1 Å². The number of fused-ring (bicyclic) bond motifs is 2. The van der Waals surface area contributed by atoms with Crippen LogP contribution in [-0.2, 0) is 20.7 Å². The monoisotopic (exact) mass is 406 g/mol. The van der Waals surface area contributed by atoms with Gasteiger partial charge in [0.15, 0.2) is 18.1 Å². The average Bonchev–Trinajstić information content (AvgIpc) is 3.01. The number of pyridine rings is 1. The molecular weight excluding hydrogens is 384 g/mol. The fraction of sp³-hybridized carbons (Fsp3) is 0.261. The zero-order chi connectivity index (χ0) is 20.8. The molecule has 1 N–H and O–H groups in total. The molecule has 1 aliphatic heterocycles. The molecule has 0 aliphatic carbocycles. The molecule has 0 radical (unpaired) electrons. The summed E-state index contributed by atoms with van der Waals surface area (Å²) in [5, 5.41) is 3.75. The van der Waals surface area contributed by atoms with E-state index in [-0.39, 0.29) is 13.0 Å². The SMILES string of the molecule is O=C(COC(=O)CCc1ccc2ccccc2n1)Nc1ccc2c(c1)OCCCO2. The number of esters is 1. The van der Waals surface area contributed by atoms with Gasteiger partial charge in [0.2, 0.25) is 0 Å². The molecule has 7 heteroatoms. The van der Waals surface area contributed by atoms with E-state index >= 15 is 0 Å². The number of anilines is 1. The van der Waals surface area contributed by atoms with Crippen LogP contribution < -0.4 is 14.8 Å². The number of nitrogens with zero attached hydrogens (tertiary/aromatic N) is 1. The maximum absolute atomic E-state index is 12.1. The van der Waals surface area contributed by atoms with Gasteiger partial charge in [-0.25, -0.2) is 0 Å². The van der Waals surface area contributed by atoms with E-state index in [0.717, 1.165) is 23.0 Å². The number of aromatic nitrogens is 1. The van der Waals surface area contributed by atoms with Crippen molar-refractivity contribution in [3.05, 3.63) is 60.3 Å². The lowest BCUT2D eigenvalue weighted by Gasteiger charge is -2.10. The summed E-state index contributed by atoms with van der Waals surface area (Å²) in [5.41, 5.74) is 2.25. The van der Waals surface area contributed by atoms with E-state index in [0.29, 0.717) is 36.8 Å². The molecule has 1 aliphatic rings. The first kappa shape index (κ1) is 19.7. The fourth-order valence-electron chi connectivity index (χ4n) is 3.13. The molecule has 0 fully saturated rings. The summed E-state index contributed by atoms with van der Waals surface area (Å²) < 4.78 is 16.2. The minimum atomic E-state index is -0.446. The van der Waals surface area contributed by atoms with Crippen molar-refractivity contribution in [2.45, 2.75) is 19.3 Å². The molecule has 2 heterocycles. The Morgan fingerprint density at radius 1 is 1.00 bits per heavy atom. The Hall–Kier alpha value is -3.61. The molecule has 0 saturated carbocycles. The van der Waals surface area contributed by atoms with Gasteiger partial charge in [-0.2, -0.15) is 0 Å². The number of rotatable bonds is 6. The average molecular weight is 406 g/mol. The lowest BCUT2D eigenvalue weighted by Crippen LogP contribution is -2.21. The number of aryl methyl sites for hydroxylation is 1. The Kier molecular flexibility index (Phi) is 6.08. The summed E-state index contributed by atoms with van der Waals surface area (Å²) in [6.07, 6.45) is 1.41. The molecule has 0 unspecified atom stereocenters. The maximum Gasteiger partial charge on any atom is 0.306 e. The second-order valence-corrected chi connectivity index (χ2v) is 6.92. The standard InChI is InChI=1S/C23H22N2O5/c26-22(25-18-8-10-20-21(14-18)29-13-3-12-28-20)15-30-23(27)11-9-17-7-6-16-4-1-2-5-19(16)24-17/h1-2,4-8,10,14H,3,9,11-13,15H2,(H,25,26). The fourth-order valence-corrected chi connectivity index (χ4v) is 3.13. The molecule has 0 atom stereocenters. The number of ether oxygens (including phenoxy) is 3. The molecule has 30 heavy (non-hydrogen) atoms. The molecule has 2 aromatic carbocycles. The van der Waals surface area contributed by atoms with E-state index in [1.807, 2.05) is 36.4 Å². The summed E-state index contributed by atoms with van der Waals surface area (Å²) in [6.45, 7) is 0.815. The lowest BCUT2D eigenvalue weighted by molar-refractivity contribution is -0.147. The van der Waals surface area contributed by atoms with E-state index in [4.69, 9.17) is 14.2 Å². The molecule has 0 saturated heterocycles. The summed E-state index contributed by atoms with van der Waals surface area (Å²) in [4.78, 5) is 28.6. The summed E-state index contributed by atoms with van der Waals surface area (Å²) >= 11 is 0. The number of hydrogen-bond acceptors (Lipinski definition) is 6. The van der Waals surface area contributed by atoms with E-state index in [1.165, 1.54) is 0 Å². The molecule has 1 aromatic heterocycles. The van der Waals surface area contributed by atoms with Crippen molar-refractivity contribution in [2.24, 2.45) is 0 Å². The van der Waals surface area contributed by atoms with Crippen LogP contribution in [0.25, 0.3) is 10.9 Å². The predicted octanol–water partition coefficient (Wildman–Crippen LogP) is 3.51. The number of carbonyl (C=O) groups is 2. The van der Waals surface area contributed by atoms with Crippen molar-refractivity contribution in [1.82, 2.24) is 4.98 Å². The van der Waals surface area contributed by atoms with Crippen molar-refractivity contribution in [1.29, 1.82) is 0 Å². The molecule has 154 valence electrons. The molecular formula is C23H22N2O5. The summed E-state index contributed by atoms with van der Waals surface area (Å²) in [6, 6.07) is 16.8. The molecule has 7 nitrogen and oxygen atoms in total. The lowest BCUT2D eigenvalue weighted by atomic mass is 10.1. The Labute approximate surface area is 174 Å². The van der Waals surface area contributed by atoms with Crippen LogP contribution in [0.3, 0.4) is 0 Å². The van der Waals surface area contributed by atoms with Crippen molar-refractivity contribution < 1.29 is 23.8 Å². The van der Waals surface area contributed by atoms with Crippen LogP contribution in [0.2, 0.25) is 0 Å². The Morgan fingerprint density at radius 3 is 2.73 bits per heavy atom. The third kappa shape index (κ3) is 5.05. The van der Waals surface area contributed by atoms with Crippen LogP contribution in [-0.4, -0.2) is 36.7 Å². The smallest absolute Gasteiger partial charge is 0.306 e. The quantitative estimate of drug-likeness (QED) is 0.631. The number of benzene rings is 2. The highest BCUT2D eigenvalue weighted by molar-refractivity contribution is 5.93. The van der Waals surface area contributed by atoms with Crippen LogP contribution in [0, 0.1) is 0 Å². The second kappa shape index (κ2) is 9.26. The number of carbonyl (C=O) groups excluding carboxylic acids is 2. The van der Waals surface area contributed by atoms with Crippen LogP contribution in [0.1, 0.15) is 18.5 Å². The first-order valence-corrected chi connectivity index (χ1v) is 9.87. The zero-order valence-electron chi connectivity index (χ0n) is 16.4. The van der Waals surface area contributed by atoms with Crippen LogP contribution in [0.15, 0.2) is 54.6 Å². The van der Waals surface area contributed by atoms with Gasteiger partial charge in [-0.05, 0) is 24.3 Å². The molecule has 1 amide bonds. The largest absolute Gasteiger partial charge is 0.490 e. The van der Waals surface area contributed by atoms with Crippen LogP contribution >= 0.6 is 0 Å². The minimum absolute atomic E-state index is 0.155. The van der Waals surface area contributed by atoms with Gasteiger partial charge >= 0.3 is 5.97 Å². The van der Waals surface area contributed by atoms with Gasteiger partial charge in [0.25, 0.3) is 5.91 Å². The first-order chi connectivity index (χ1) is 14.7. The Balaban J connectivity index is 1.24. The summed E-state index contributed by atoms with van der Waals surface area (Å²) in [5.74, 6) is 0.379. The van der Waals surface area contributed by atoms with Crippen molar-refractivity contribution >= 4 is 28.5 Å². The molecule has 0 bridgehead atoms. The third-order valence-electron chi connectivity index (χ3n) is 4.64. The van der Waals surface area contributed by atoms with E-state index in [9.17, 15) is 9.59 Å². The van der Waals surface area contributed by atoms with Crippen molar-refractivity contribution in [3.63, 3.8) is 0 Å². The van der Waals surface area contributed by atoms with Gasteiger partial charge in [0.05, 0.1) is 25.2 Å². The van der Waals surface area contributed by atoms with E-state index in [1.54, 1.807) is 18.2 Å². The maximum atomic E-state index is 12.1. The van der Waals surface area contributed by atoms with Gasteiger partial charge in [-0.3, -0.25) is 14.6 Å². The van der Waals surface area contributed by atoms with Gasteiger partial charge in [0, 0.05) is 35.7 Å². The number of amides is 1. The van der Waals surface area contributed by atoms with E-state index < -0.39 is 11.9 Å². The highest BCUT2D eigenvalue weighted by atomic mass is 16.5. The highest BCUT2D eigenvalue weighted by Gasteiger charge is 2.13.